The minimum absolute atomic E-state index is 0.0659. The Bertz CT molecular complexity index is 490. The van der Waals surface area contributed by atoms with E-state index in [1.54, 1.807) is 5.48 Å². The van der Waals surface area contributed by atoms with Crippen LogP contribution in [0, 0.1) is 0 Å². The summed E-state index contributed by atoms with van der Waals surface area (Å²) >= 11 is 0. The van der Waals surface area contributed by atoms with E-state index in [0.29, 0.717) is 0 Å². The fourth-order valence-corrected chi connectivity index (χ4v) is 2.04. The number of aliphatic hydroxyl groups is 1. The maximum Gasteiger partial charge on any atom is 0.351 e. The molecular weight excluding hydrogens is 230 g/mol. The van der Waals surface area contributed by atoms with Crippen LogP contribution >= 0.6 is 0 Å². The van der Waals surface area contributed by atoms with Crippen molar-refractivity contribution in [1.29, 1.82) is 0 Å². The van der Waals surface area contributed by atoms with Gasteiger partial charge in [0, 0.05) is 6.20 Å². The van der Waals surface area contributed by atoms with Crippen molar-refractivity contribution in [2.75, 3.05) is 12.1 Å². The van der Waals surface area contributed by atoms with Crippen LogP contribution in [-0.2, 0) is 9.47 Å². The molecule has 0 aromatic carbocycles. The van der Waals surface area contributed by atoms with Gasteiger partial charge < -0.3 is 14.6 Å². The zero-order valence-electron chi connectivity index (χ0n) is 8.68. The predicted molar refractivity (Wildman–Crippen MR) is 53.6 cm³/mol. The highest BCUT2D eigenvalue weighted by atomic mass is 16.7. The topological polar surface area (TPSA) is 109 Å². The van der Waals surface area contributed by atoms with Gasteiger partial charge in [0.1, 0.15) is 18.3 Å². The van der Waals surface area contributed by atoms with E-state index in [9.17, 15) is 4.79 Å². The molecule has 1 aromatic rings. The van der Waals surface area contributed by atoms with E-state index in [-0.39, 0.29) is 24.6 Å². The van der Waals surface area contributed by atoms with E-state index in [2.05, 4.69) is 4.98 Å². The van der Waals surface area contributed by atoms with Gasteiger partial charge in [-0.2, -0.15) is 4.98 Å². The van der Waals surface area contributed by atoms with E-state index in [1.807, 2.05) is 0 Å². The second-order valence-corrected chi connectivity index (χ2v) is 3.93. The van der Waals surface area contributed by atoms with Crippen molar-refractivity contribution in [3.05, 3.63) is 22.7 Å². The van der Waals surface area contributed by atoms with Crippen molar-refractivity contribution in [2.45, 2.75) is 24.5 Å². The number of epoxide rings is 1. The number of fused-ring (bicyclic) bond motifs is 1. The van der Waals surface area contributed by atoms with E-state index >= 15 is 0 Å². The zero-order chi connectivity index (χ0) is 12.0. The fraction of sp³-hybridized carbons (Fsp3) is 0.556. The van der Waals surface area contributed by atoms with Crippen molar-refractivity contribution in [2.24, 2.45) is 0 Å². The molecule has 0 unspecified atom stereocenters. The van der Waals surface area contributed by atoms with Crippen molar-refractivity contribution < 1.29 is 19.8 Å². The summed E-state index contributed by atoms with van der Waals surface area (Å²) in [4.78, 5) is 15.2. The monoisotopic (exact) mass is 241 g/mol. The summed E-state index contributed by atoms with van der Waals surface area (Å²) in [6.07, 6.45) is 0.140. The number of hydrogen-bond donors (Lipinski definition) is 3. The summed E-state index contributed by atoms with van der Waals surface area (Å²) in [5, 5.41) is 17.6. The van der Waals surface area contributed by atoms with Crippen LogP contribution < -0.4 is 11.2 Å². The van der Waals surface area contributed by atoms with Crippen molar-refractivity contribution >= 4 is 5.82 Å². The molecule has 3 rings (SSSR count). The molecule has 0 radical (unpaired) electrons. The molecule has 2 aliphatic heterocycles. The van der Waals surface area contributed by atoms with Gasteiger partial charge in [0.15, 0.2) is 12.0 Å². The number of nitrogens with one attached hydrogen (secondary N) is 1. The minimum atomic E-state index is -0.565. The van der Waals surface area contributed by atoms with Crippen LogP contribution in [0.25, 0.3) is 0 Å². The Kier molecular flexibility index (Phi) is 2.37. The lowest BCUT2D eigenvalue weighted by Gasteiger charge is -2.17. The molecule has 2 aliphatic rings. The molecule has 8 heteroatoms. The maximum atomic E-state index is 11.6. The Morgan fingerprint density at radius 2 is 2.29 bits per heavy atom. The lowest BCUT2D eigenvalue weighted by molar-refractivity contribution is -0.0855. The van der Waals surface area contributed by atoms with E-state index in [1.165, 1.54) is 16.8 Å². The number of aliphatic hydroxyl groups excluding tert-OH is 1. The number of nitrogens with zero attached hydrogens (tertiary/aromatic N) is 2. The SMILES string of the molecule is O=c1nc(NO)ccn1[C@@H]1O[C@H](CO)[C@@H]2O[C@@H]21. The van der Waals surface area contributed by atoms with Gasteiger partial charge in [-0.05, 0) is 6.07 Å². The molecule has 2 fully saturated rings. The Labute approximate surface area is 95.4 Å². The highest BCUT2D eigenvalue weighted by Crippen LogP contribution is 2.44. The second-order valence-electron chi connectivity index (χ2n) is 3.93. The van der Waals surface area contributed by atoms with Crippen LogP contribution in [0.15, 0.2) is 17.1 Å². The van der Waals surface area contributed by atoms with E-state index in [4.69, 9.17) is 19.8 Å². The fourth-order valence-electron chi connectivity index (χ4n) is 2.04. The number of ether oxygens (including phenoxy) is 2. The van der Waals surface area contributed by atoms with Gasteiger partial charge in [0.25, 0.3) is 0 Å². The number of hydrogen-bond acceptors (Lipinski definition) is 7. The molecule has 0 amide bonds. The third kappa shape index (κ3) is 1.62. The summed E-state index contributed by atoms with van der Waals surface area (Å²) in [7, 11) is 0. The summed E-state index contributed by atoms with van der Waals surface area (Å²) in [5.41, 5.74) is 1.24. The van der Waals surface area contributed by atoms with Gasteiger partial charge in [0.2, 0.25) is 0 Å². The molecule has 0 bridgehead atoms. The average Bonchev–Trinajstić information content (AvgIpc) is 3.05. The second kappa shape index (κ2) is 3.77. The molecule has 8 nitrogen and oxygen atoms in total. The first-order valence-electron chi connectivity index (χ1n) is 5.15. The minimum Gasteiger partial charge on any atom is -0.394 e. The maximum absolute atomic E-state index is 11.6. The van der Waals surface area contributed by atoms with Crippen molar-refractivity contribution in [1.82, 2.24) is 9.55 Å². The molecule has 4 atom stereocenters. The molecule has 0 aliphatic carbocycles. The van der Waals surface area contributed by atoms with E-state index in [0.717, 1.165) is 0 Å². The first-order valence-corrected chi connectivity index (χ1v) is 5.15. The number of rotatable bonds is 3. The number of anilines is 1. The van der Waals surface area contributed by atoms with Gasteiger partial charge in [-0.15, -0.1) is 0 Å². The smallest absolute Gasteiger partial charge is 0.351 e. The van der Waals surface area contributed by atoms with Crippen molar-refractivity contribution in [3.8, 4) is 0 Å². The third-order valence-electron chi connectivity index (χ3n) is 2.92. The molecule has 0 spiro atoms. The molecule has 2 saturated heterocycles. The Balaban J connectivity index is 1.88. The van der Waals surface area contributed by atoms with Gasteiger partial charge >= 0.3 is 5.69 Å². The Morgan fingerprint density at radius 1 is 1.47 bits per heavy atom. The van der Waals surface area contributed by atoms with Gasteiger partial charge in [-0.3, -0.25) is 15.3 Å². The molecule has 17 heavy (non-hydrogen) atoms. The van der Waals surface area contributed by atoms with Crippen LogP contribution in [0.3, 0.4) is 0 Å². The summed E-state index contributed by atoms with van der Waals surface area (Å²) < 4.78 is 12.1. The lowest BCUT2D eigenvalue weighted by atomic mass is 10.2. The summed E-state index contributed by atoms with van der Waals surface area (Å²) in [6, 6.07) is 1.44. The predicted octanol–water partition coefficient (Wildman–Crippen LogP) is -1.30. The first kappa shape index (κ1) is 10.7. The van der Waals surface area contributed by atoms with E-state index < -0.39 is 18.0 Å². The zero-order valence-corrected chi connectivity index (χ0v) is 8.68. The Morgan fingerprint density at radius 3 is 2.88 bits per heavy atom. The van der Waals surface area contributed by atoms with Crippen LogP contribution in [0.2, 0.25) is 0 Å². The normalized spacial score (nSPS) is 34.5. The van der Waals surface area contributed by atoms with Crippen LogP contribution in [0.1, 0.15) is 6.23 Å². The molecule has 0 saturated carbocycles. The summed E-state index contributed by atoms with van der Waals surface area (Å²) in [5.74, 6) is 0.0659. The Hall–Kier alpha value is -1.48. The quantitative estimate of drug-likeness (QED) is 0.445. The molecule has 3 N–H and O–H groups in total. The highest BCUT2D eigenvalue weighted by Gasteiger charge is 2.58. The van der Waals surface area contributed by atoms with Crippen LogP contribution in [0.5, 0.6) is 0 Å². The number of aromatic nitrogens is 2. The van der Waals surface area contributed by atoms with Crippen molar-refractivity contribution in [3.63, 3.8) is 0 Å². The van der Waals surface area contributed by atoms with Gasteiger partial charge in [-0.25, -0.2) is 4.79 Å². The summed E-state index contributed by atoms with van der Waals surface area (Å²) in [6.45, 7) is -0.143. The first-order chi connectivity index (χ1) is 8.24. The van der Waals surface area contributed by atoms with Gasteiger partial charge in [-0.1, -0.05) is 0 Å². The van der Waals surface area contributed by atoms with Crippen LogP contribution in [0.4, 0.5) is 5.82 Å². The highest BCUT2D eigenvalue weighted by molar-refractivity contribution is 5.28. The van der Waals surface area contributed by atoms with Crippen LogP contribution in [-0.4, -0.2) is 44.8 Å². The molecule has 1 aromatic heterocycles. The average molecular weight is 241 g/mol. The molecule has 92 valence electrons. The third-order valence-corrected chi connectivity index (χ3v) is 2.92. The molecule has 3 heterocycles. The largest absolute Gasteiger partial charge is 0.394 e. The molecular formula is C9H11N3O5. The van der Waals surface area contributed by atoms with Gasteiger partial charge in [0.05, 0.1) is 6.61 Å². The lowest BCUT2D eigenvalue weighted by Crippen LogP contribution is -2.31. The standard InChI is InChI=1S/C9H11N3O5/c13-3-4-6-7(17-6)8(16-4)12-2-1-5(11-15)10-9(12)14/h1-2,4,6-8,13,15H,3H2,(H,10,11,14)/t4-,6+,7+,8-/m1/s1.